The van der Waals surface area contributed by atoms with Gasteiger partial charge < -0.3 is 30.1 Å². The monoisotopic (exact) mass is 241 g/mol. The molecule has 1 saturated heterocycles. The van der Waals surface area contributed by atoms with Crippen LogP contribution in [-0.4, -0.2) is 57.2 Å². The SMILES string of the molecule is N=CC1O[C@H](CO)[C@@H](O)[C@H]1OP(=O)(O)O. The van der Waals surface area contributed by atoms with Gasteiger partial charge in [-0.25, -0.2) is 4.57 Å². The van der Waals surface area contributed by atoms with Gasteiger partial charge in [-0.15, -0.1) is 0 Å². The summed E-state index contributed by atoms with van der Waals surface area (Å²) in [6, 6.07) is 0. The first-order valence-electron chi connectivity index (χ1n) is 4.08. The molecular formula is C6H12NO7P. The summed E-state index contributed by atoms with van der Waals surface area (Å²) in [5, 5.41) is 25.1. The summed E-state index contributed by atoms with van der Waals surface area (Å²) < 4.78 is 19.8. The molecule has 0 bridgehead atoms. The number of ether oxygens (including phenoxy) is 1. The van der Waals surface area contributed by atoms with Gasteiger partial charge in [0, 0.05) is 6.21 Å². The van der Waals surface area contributed by atoms with E-state index in [1.54, 1.807) is 0 Å². The highest BCUT2D eigenvalue weighted by Gasteiger charge is 2.46. The molecule has 0 amide bonds. The molecule has 1 aliphatic heterocycles. The van der Waals surface area contributed by atoms with Crippen molar-refractivity contribution < 1.29 is 33.8 Å². The van der Waals surface area contributed by atoms with Crippen LogP contribution in [0.3, 0.4) is 0 Å². The molecule has 15 heavy (non-hydrogen) atoms. The number of aliphatic hydroxyl groups excluding tert-OH is 2. The number of phosphoric acid groups is 1. The molecule has 0 radical (unpaired) electrons. The third-order valence-corrected chi connectivity index (χ3v) is 2.49. The Morgan fingerprint density at radius 3 is 2.53 bits per heavy atom. The number of nitrogens with one attached hydrogen (secondary N) is 1. The van der Waals surface area contributed by atoms with Crippen LogP contribution in [-0.2, 0) is 13.8 Å². The molecule has 1 rings (SSSR count). The van der Waals surface area contributed by atoms with E-state index in [9.17, 15) is 9.67 Å². The summed E-state index contributed by atoms with van der Waals surface area (Å²) in [5.74, 6) is 0. The summed E-state index contributed by atoms with van der Waals surface area (Å²) >= 11 is 0. The number of aliphatic hydroxyl groups is 2. The van der Waals surface area contributed by atoms with Crippen molar-refractivity contribution in [1.29, 1.82) is 5.41 Å². The normalized spacial score (nSPS) is 36.8. The van der Waals surface area contributed by atoms with Gasteiger partial charge in [0.25, 0.3) is 0 Å². The van der Waals surface area contributed by atoms with E-state index in [0.717, 1.165) is 6.21 Å². The third kappa shape index (κ3) is 3.05. The van der Waals surface area contributed by atoms with E-state index in [1.807, 2.05) is 0 Å². The molecule has 0 spiro atoms. The van der Waals surface area contributed by atoms with Crippen LogP contribution in [0.2, 0.25) is 0 Å². The van der Waals surface area contributed by atoms with Gasteiger partial charge in [-0.2, -0.15) is 0 Å². The predicted octanol–water partition coefficient (Wildman–Crippen LogP) is -1.77. The Hall–Kier alpha value is -0.340. The Labute approximate surface area is 85.2 Å². The first-order valence-corrected chi connectivity index (χ1v) is 5.61. The van der Waals surface area contributed by atoms with Crippen LogP contribution < -0.4 is 0 Å². The molecular weight excluding hydrogens is 229 g/mol. The second-order valence-electron chi connectivity index (χ2n) is 3.04. The highest BCUT2D eigenvalue weighted by Crippen LogP contribution is 2.41. The van der Waals surface area contributed by atoms with E-state index in [4.69, 9.17) is 25.0 Å². The van der Waals surface area contributed by atoms with E-state index in [1.165, 1.54) is 0 Å². The lowest BCUT2D eigenvalue weighted by atomic mass is 10.1. The molecule has 1 heterocycles. The van der Waals surface area contributed by atoms with E-state index < -0.39 is 38.8 Å². The zero-order chi connectivity index (χ0) is 11.6. The van der Waals surface area contributed by atoms with Crippen molar-refractivity contribution in [2.75, 3.05) is 6.61 Å². The molecule has 0 saturated carbocycles. The number of hydrogen-bond donors (Lipinski definition) is 5. The minimum Gasteiger partial charge on any atom is -0.394 e. The first kappa shape index (κ1) is 12.7. The molecule has 4 atom stereocenters. The van der Waals surface area contributed by atoms with E-state index in [2.05, 4.69) is 4.52 Å². The fourth-order valence-electron chi connectivity index (χ4n) is 1.33. The quantitative estimate of drug-likeness (QED) is 0.290. The van der Waals surface area contributed by atoms with Gasteiger partial charge in [-0.05, 0) is 0 Å². The average Bonchev–Trinajstić information content (AvgIpc) is 2.42. The van der Waals surface area contributed by atoms with Crippen LogP contribution in [0.4, 0.5) is 0 Å². The summed E-state index contributed by atoms with van der Waals surface area (Å²) in [4.78, 5) is 17.1. The second-order valence-corrected chi connectivity index (χ2v) is 4.23. The summed E-state index contributed by atoms with van der Waals surface area (Å²) in [7, 11) is -4.76. The van der Waals surface area contributed by atoms with Crippen molar-refractivity contribution in [2.24, 2.45) is 0 Å². The molecule has 1 aliphatic rings. The lowest BCUT2D eigenvalue weighted by Crippen LogP contribution is -2.36. The van der Waals surface area contributed by atoms with E-state index in [0.29, 0.717) is 0 Å². The van der Waals surface area contributed by atoms with Crippen LogP contribution in [0.5, 0.6) is 0 Å². The Morgan fingerprint density at radius 2 is 2.13 bits per heavy atom. The van der Waals surface area contributed by atoms with Gasteiger partial charge in [-0.3, -0.25) is 4.52 Å². The summed E-state index contributed by atoms with van der Waals surface area (Å²) in [5.41, 5.74) is 0. The van der Waals surface area contributed by atoms with Gasteiger partial charge in [0.15, 0.2) is 0 Å². The number of rotatable bonds is 4. The zero-order valence-corrected chi connectivity index (χ0v) is 8.45. The fourth-order valence-corrected chi connectivity index (χ4v) is 1.89. The van der Waals surface area contributed by atoms with Gasteiger partial charge >= 0.3 is 7.82 Å². The lowest BCUT2D eigenvalue weighted by molar-refractivity contribution is -0.00964. The Kier molecular flexibility index (Phi) is 3.96. The molecule has 88 valence electrons. The topological polar surface area (TPSA) is 140 Å². The van der Waals surface area contributed by atoms with Crippen molar-refractivity contribution in [3.8, 4) is 0 Å². The molecule has 0 aromatic carbocycles. The zero-order valence-electron chi connectivity index (χ0n) is 7.55. The van der Waals surface area contributed by atoms with Crippen molar-refractivity contribution in [2.45, 2.75) is 24.4 Å². The van der Waals surface area contributed by atoms with Crippen LogP contribution in [0.25, 0.3) is 0 Å². The molecule has 0 aromatic heterocycles. The average molecular weight is 241 g/mol. The summed E-state index contributed by atoms with van der Waals surface area (Å²) in [6.45, 7) is -0.521. The summed E-state index contributed by atoms with van der Waals surface area (Å²) in [6.07, 6.45) is -4.06. The molecule has 1 unspecified atom stereocenters. The fraction of sp³-hybridized carbons (Fsp3) is 0.833. The van der Waals surface area contributed by atoms with Crippen LogP contribution in [0, 0.1) is 5.41 Å². The highest BCUT2D eigenvalue weighted by atomic mass is 31.2. The smallest absolute Gasteiger partial charge is 0.394 e. The lowest BCUT2D eigenvalue weighted by Gasteiger charge is -2.18. The third-order valence-electron chi connectivity index (χ3n) is 1.98. The standard InChI is InChI=1S/C6H12NO7P/c7-1-3-6(14-15(10,11)12)5(9)4(2-8)13-3/h1,3-9H,2H2,(H2,10,11,12)/t3?,4-,5-,6+/m1/s1. The first-order chi connectivity index (χ1) is 6.89. The molecule has 5 N–H and O–H groups in total. The maximum atomic E-state index is 10.6. The van der Waals surface area contributed by atoms with Crippen molar-refractivity contribution in [1.82, 2.24) is 0 Å². The van der Waals surface area contributed by atoms with Crippen LogP contribution in [0.1, 0.15) is 0 Å². The molecule has 0 aliphatic carbocycles. The number of phosphoric ester groups is 1. The number of hydrogen-bond acceptors (Lipinski definition) is 6. The maximum absolute atomic E-state index is 10.6. The maximum Gasteiger partial charge on any atom is 0.470 e. The van der Waals surface area contributed by atoms with E-state index >= 15 is 0 Å². The molecule has 8 nitrogen and oxygen atoms in total. The van der Waals surface area contributed by atoms with Crippen molar-refractivity contribution in [3.63, 3.8) is 0 Å². The van der Waals surface area contributed by atoms with Crippen molar-refractivity contribution in [3.05, 3.63) is 0 Å². The molecule has 9 heteroatoms. The van der Waals surface area contributed by atoms with Crippen molar-refractivity contribution >= 4 is 14.0 Å². The Morgan fingerprint density at radius 1 is 1.53 bits per heavy atom. The Bertz CT molecular complexity index is 279. The Balaban J connectivity index is 2.76. The van der Waals surface area contributed by atoms with Crippen LogP contribution in [0.15, 0.2) is 0 Å². The largest absolute Gasteiger partial charge is 0.470 e. The van der Waals surface area contributed by atoms with E-state index in [-0.39, 0.29) is 0 Å². The van der Waals surface area contributed by atoms with Gasteiger partial charge in [0.05, 0.1) is 6.61 Å². The second kappa shape index (κ2) is 4.67. The van der Waals surface area contributed by atoms with Gasteiger partial charge in [0.1, 0.15) is 24.4 Å². The minimum atomic E-state index is -4.76. The van der Waals surface area contributed by atoms with Gasteiger partial charge in [0.2, 0.25) is 0 Å². The molecule has 0 aromatic rings. The minimum absolute atomic E-state index is 0.521. The molecule has 1 fully saturated rings. The van der Waals surface area contributed by atoms with Gasteiger partial charge in [-0.1, -0.05) is 0 Å². The van der Waals surface area contributed by atoms with Crippen LogP contribution >= 0.6 is 7.82 Å². The highest BCUT2D eigenvalue weighted by molar-refractivity contribution is 7.46. The predicted molar refractivity (Wildman–Crippen MR) is 47.5 cm³/mol.